The number of nitrogens with one attached hydrogen (secondary N) is 6. The van der Waals surface area contributed by atoms with E-state index in [4.69, 9.17) is 10.2 Å². The summed E-state index contributed by atoms with van der Waals surface area (Å²) in [6.45, 7) is -0.280. The highest BCUT2D eigenvalue weighted by atomic mass is 16.5. The third kappa shape index (κ3) is 20.3. The second-order valence-corrected chi connectivity index (χ2v) is 14.4. The Morgan fingerprint density at radius 3 is 1.24 bits per heavy atom. The van der Waals surface area contributed by atoms with E-state index >= 15 is 0 Å². The molecule has 1 rings (SSSR count). The van der Waals surface area contributed by atoms with Gasteiger partial charge in [-0.1, -0.05) is 11.1 Å². The number of hydrogen-bond acceptors (Lipinski definition) is 16. The minimum absolute atomic E-state index is 0.0868. The fourth-order valence-electron chi connectivity index (χ4n) is 5.60. The number of rotatable bonds is 20. The number of carbonyl (C=O) groups is 9. The van der Waals surface area contributed by atoms with Gasteiger partial charge in [0.2, 0.25) is 41.4 Å². The summed E-state index contributed by atoms with van der Waals surface area (Å²) in [6.07, 6.45) is 1.08. The maximum atomic E-state index is 14.0. The lowest BCUT2D eigenvalue weighted by Crippen LogP contribution is -2.61. The van der Waals surface area contributed by atoms with Crippen molar-refractivity contribution < 1.29 is 79.2 Å². The van der Waals surface area contributed by atoms with Gasteiger partial charge in [-0.2, -0.15) is 0 Å². The molecule has 62 heavy (non-hydrogen) atoms. The van der Waals surface area contributed by atoms with Gasteiger partial charge in [-0.3, -0.25) is 58.8 Å². The zero-order chi connectivity index (χ0) is 46.9. The van der Waals surface area contributed by atoms with Crippen LogP contribution < -0.4 is 31.9 Å². The molecule has 5 atom stereocenters. The van der Waals surface area contributed by atoms with Crippen LogP contribution in [0.25, 0.3) is 0 Å². The fourth-order valence-corrected chi connectivity index (χ4v) is 5.60. The average Bonchev–Trinajstić information content (AvgIpc) is 3.21. The smallest absolute Gasteiger partial charge is 0.269 e. The van der Waals surface area contributed by atoms with Crippen molar-refractivity contribution in [1.29, 1.82) is 0 Å². The monoisotopic (exact) mass is 887 g/mol. The van der Waals surface area contributed by atoms with Gasteiger partial charge in [0.05, 0.1) is 19.8 Å². The van der Waals surface area contributed by atoms with Crippen LogP contribution in [0.15, 0.2) is 23.3 Å². The first kappa shape index (κ1) is 54.4. The summed E-state index contributed by atoms with van der Waals surface area (Å²) in [7, 11) is 0. The quantitative estimate of drug-likeness (QED) is 0.0310. The molecule has 25 nitrogen and oxygen atoms in total. The lowest BCUT2D eigenvalue weighted by atomic mass is 10.0. The number of aliphatic hydroxyl groups excluding tert-OH is 4. The molecule has 1 aliphatic rings. The minimum atomic E-state index is -1.78. The Bertz CT molecular complexity index is 1630. The Balaban J connectivity index is 3.65. The van der Waals surface area contributed by atoms with Crippen LogP contribution in [0.3, 0.4) is 0 Å². The standard InChI is InChI=1S/C37H61N9O16/c1-22(10-15-47)17-31(53)45(61)13-5-8-26-35(57)41-27(9-6-14-46(62)32(54)18-23(2)11-16-48)36(58)43-29(21-50)37(59)42-28(20-49)33(55)38-19-30(52)39-25(34(56)40-26)7-4-12-44(60)24(3)51/h17-18,25-29,47-50,60-62H,4-16,19-21H2,1-3H3,(H,38,55)(H,39,52)(H,40,56)(H,41,57)(H,42,59)(H,43,58)/b22-17+,23-18+/t25-,26-,27-,28-,29-/m0/s1. The Morgan fingerprint density at radius 2 is 0.871 bits per heavy atom. The van der Waals surface area contributed by atoms with Crippen LogP contribution in [0.5, 0.6) is 0 Å². The van der Waals surface area contributed by atoms with Gasteiger partial charge in [0.1, 0.15) is 30.2 Å². The molecule has 0 aromatic rings. The first-order chi connectivity index (χ1) is 29.3. The largest absolute Gasteiger partial charge is 0.396 e. The first-order valence-electron chi connectivity index (χ1n) is 19.8. The van der Waals surface area contributed by atoms with E-state index in [1.165, 1.54) is 0 Å². The molecule has 1 aliphatic heterocycles. The number of aliphatic hydroxyl groups is 4. The maximum Gasteiger partial charge on any atom is 0.269 e. The van der Waals surface area contributed by atoms with Gasteiger partial charge in [-0.25, -0.2) is 15.2 Å². The number of carbonyl (C=O) groups excluding carboxylic acids is 9. The molecule has 1 heterocycles. The third-order valence-corrected chi connectivity index (χ3v) is 9.18. The molecular formula is C37H61N9O16. The summed E-state index contributed by atoms with van der Waals surface area (Å²) in [5, 5.41) is 83.4. The highest BCUT2D eigenvalue weighted by Crippen LogP contribution is 2.09. The van der Waals surface area contributed by atoms with E-state index in [-0.39, 0.29) is 71.1 Å². The summed E-state index contributed by atoms with van der Waals surface area (Å²) in [6, 6.07) is -8.19. The number of amides is 9. The number of nitrogens with zero attached hydrogens (tertiary/aromatic N) is 3. The van der Waals surface area contributed by atoms with Crippen molar-refractivity contribution in [2.24, 2.45) is 0 Å². The molecule has 0 aromatic heterocycles. The summed E-state index contributed by atoms with van der Waals surface area (Å²) >= 11 is 0. The van der Waals surface area contributed by atoms with Gasteiger partial charge in [-0.05, 0) is 65.2 Å². The second-order valence-electron chi connectivity index (χ2n) is 14.4. The summed E-state index contributed by atoms with van der Waals surface area (Å²) in [5.74, 6) is -8.80. The van der Waals surface area contributed by atoms with Crippen LogP contribution in [-0.4, -0.2) is 187 Å². The van der Waals surface area contributed by atoms with Crippen LogP contribution in [0.4, 0.5) is 0 Å². The van der Waals surface area contributed by atoms with Crippen molar-refractivity contribution in [1.82, 2.24) is 47.1 Å². The Labute approximate surface area is 357 Å². The first-order valence-corrected chi connectivity index (χ1v) is 19.8. The Kier molecular flexibility index (Phi) is 25.3. The van der Waals surface area contributed by atoms with Crippen LogP contribution >= 0.6 is 0 Å². The molecule has 0 bridgehead atoms. The molecule has 0 radical (unpaired) electrons. The zero-order valence-electron chi connectivity index (χ0n) is 35.0. The molecule has 13 N–H and O–H groups in total. The normalized spacial score (nSPS) is 21.2. The molecule has 0 saturated carbocycles. The summed E-state index contributed by atoms with van der Waals surface area (Å²) in [4.78, 5) is 117. The molecule has 1 saturated heterocycles. The molecule has 0 unspecified atom stereocenters. The van der Waals surface area contributed by atoms with E-state index in [0.29, 0.717) is 26.3 Å². The van der Waals surface area contributed by atoms with Crippen LogP contribution in [0.2, 0.25) is 0 Å². The van der Waals surface area contributed by atoms with Crippen molar-refractivity contribution in [2.45, 2.75) is 102 Å². The van der Waals surface area contributed by atoms with E-state index in [1.54, 1.807) is 13.8 Å². The van der Waals surface area contributed by atoms with E-state index in [9.17, 15) is 69.0 Å². The van der Waals surface area contributed by atoms with Crippen LogP contribution in [0, 0.1) is 0 Å². The van der Waals surface area contributed by atoms with Crippen LogP contribution in [-0.2, 0) is 43.2 Å². The zero-order valence-corrected chi connectivity index (χ0v) is 35.0. The van der Waals surface area contributed by atoms with Crippen molar-refractivity contribution in [2.75, 3.05) is 52.6 Å². The van der Waals surface area contributed by atoms with Crippen molar-refractivity contribution >= 4 is 53.2 Å². The molecule has 25 heteroatoms. The molecular weight excluding hydrogens is 826 g/mol. The van der Waals surface area contributed by atoms with Gasteiger partial charge >= 0.3 is 0 Å². The molecule has 350 valence electrons. The van der Waals surface area contributed by atoms with Crippen molar-refractivity contribution in [3.8, 4) is 0 Å². The van der Waals surface area contributed by atoms with E-state index < -0.39 is 116 Å². The van der Waals surface area contributed by atoms with Gasteiger partial charge in [0, 0.05) is 51.9 Å². The Hall–Kier alpha value is -5.57. The van der Waals surface area contributed by atoms with Gasteiger partial charge < -0.3 is 52.3 Å². The highest BCUT2D eigenvalue weighted by Gasteiger charge is 2.33. The van der Waals surface area contributed by atoms with E-state index in [2.05, 4.69) is 31.9 Å². The van der Waals surface area contributed by atoms with Crippen LogP contribution in [0.1, 0.15) is 72.1 Å². The number of hydroxylamine groups is 6. The molecule has 1 fully saturated rings. The predicted molar refractivity (Wildman–Crippen MR) is 212 cm³/mol. The molecule has 9 amide bonds. The van der Waals surface area contributed by atoms with E-state index in [1.807, 2.05) is 0 Å². The Morgan fingerprint density at radius 1 is 0.532 bits per heavy atom. The van der Waals surface area contributed by atoms with Gasteiger partial charge in [0.25, 0.3) is 11.8 Å². The van der Waals surface area contributed by atoms with Gasteiger partial charge in [0.15, 0.2) is 0 Å². The lowest BCUT2D eigenvalue weighted by molar-refractivity contribution is -0.163. The fraction of sp³-hybridized carbons (Fsp3) is 0.649. The highest BCUT2D eigenvalue weighted by molar-refractivity contribution is 5.97. The van der Waals surface area contributed by atoms with Crippen molar-refractivity contribution in [3.05, 3.63) is 23.3 Å². The average molecular weight is 888 g/mol. The number of hydrogen-bond donors (Lipinski definition) is 13. The van der Waals surface area contributed by atoms with E-state index in [0.717, 1.165) is 19.1 Å². The second kappa shape index (κ2) is 28.9. The van der Waals surface area contributed by atoms with Gasteiger partial charge in [-0.15, -0.1) is 0 Å². The maximum absolute atomic E-state index is 14.0. The lowest BCUT2D eigenvalue weighted by Gasteiger charge is -2.28. The molecule has 0 aliphatic carbocycles. The summed E-state index contributed by atoms with van der Waals surface area (Å²) < 4.78 is 0. The molecule has 0 spiro atoms. The predicted octanol–water partition coefficient (Wildman–Crippen LogP) is -4.80. The third-order valence-electron chi connectivity index (χ3n) is 9.18. The summed E-state index contributed by atoms with van der Waals surface area (Å²) in [5.41, 5.74) is 0.900. The molecule has 0 aromatic carbocycles. The van der Waals surface area contributed by atoms with Crippen molar-refractivity contribution in [3.63, 3.8) is 0 Å². The minimum Gasteiger partial charge on any atom is -0.396 e. The topological polar surface area (TPSA) is 377 Å². The SMILES string of the molecule is CC(=O)N(O)CCC[C@@H]1NC(=O)CNC(=O)[C@H](CO)NC(=O)[C@H](CO)NC(=O)[C@H](CCCN(O)C(=O)/C=C(\C)CCO)NC(=O)[C@H](CCCN(O)C(=O)/C=C(\C)CCO)NC1=O.